The molecule has 1 radical (unpaired) electrons. The third-order valence-corrected chi connectivity index (χ3v) is 8.48. The Kier molecular flexibility index (Phi) is 9.02. The molecule has 0 bridgehead atoms. The number of nitro groups is 1. The van der Waals surface area contributed by atoms with Crippen molar-refractivity contribution in [2.75, 3.05) is 13.1 Å². The van der Waals surface area contributed by atoms with Crippen LogP contribution < -0.4 is 4.72 Å². The van der Waals surface area contributed by atoms with Gasteiger partial charge < -0.3 is 4.90 Å². The Hall–Kier alpha value is -4.31. The highest BCUT2D eigenvalue weighted by Gasteiger charge is 2.30. The fourth-order valence-electron chi connectivity index (χ4n) is 4.95. The van der Waals surface area contributed by atoms with E-state index in [1.165, 1.54) is 29.2 Å². The van der Waals surface area contributed by atoms with Crippen molar-refractivity contribution < 1.29 is 22.9 Å². The molecule has 0 aliphatic carbocycles. The Morgan fingerprint density at radius 3 is 2.51 bits per heavy atom. The topological polar surface area (TPSA) is 127 Å². The number of nitrogens with one attached hydrogen (secondary N) is 1. The van der Waals surface area contributed by atoms with Crippen LogP contribution in [0.1, 0.15) is 49.3 Å². The van der Waals surface area contributed by atoms with E-state index in [4.69, 9.17) is 0 Å². The van der Waals surface area contributed by atoms with Crippen LogP contribution in [0.15, 0.2) is 71.6 Å². The van der Waals surface area contributed by atoms with Crippen LogP contribution in [0.25, 0.3) is 17.2 Å². The number of hydrogen-bond acceptors (Lipinski definition) is 6. The highest BCUT2D eigenvalue weighted by Crippen LogP contribution is 2.38. The number of carbonyl (C=O) groups is 2. The minimum absolute atomic E-state index is 0.00725. The van der Waals surface area contributed by atoms with Gasteiger partial charge in [-0.1, -0.05) is 61.9 Å². The molecule has 1 unspecified atom stereocenters. The molecule has 1 aliphatic rings. The smallest absolute Gasteiger partial charge is 0.285 e. The van der Waals surface area contributed by atoms with Crippen molar-refractivity contribution in [3.8, 4) is 11.1 Å². The van der Waals surface area contributed by atoms with Crippen LogP contribution in [-0.2, 0) is 19.6 Å². The van der Waals surface area contributed by atoms with E-state index in [0.29, 0.717) is 36.1 Å². The lowest BCUT2D eigenvalue weighted by molar-refractivity contribution is -0.384. The summed E-state index contributed by atoms with van der Waals surface area (Å²) in [4.78, 5) is 39.0. The summed E-state index contributed by atoms with van der Waals surface area (Å²) in [5.74, 6) is -1.62. The Morgan fingerprint density at radius 2 is 1.83 bits per heavy atom. The summed E-state index contributed by atoms with van der Waals surface area (Å²) in [6.45, 7) is 6.31. The van der Waals surface area contributed by atoms with E-state index in [1.54, 1.807) is 24.3 Å². The van der Waals surface area contributed by atoms with E-state index in [0.717, 1.165) is 11.1 Å². The van der Waals surface area contributed by atoms with Crippen molar-refractivity contribution in [2.45, 2.75) is 44.4 Å². The summed E-state index contributed by atoms with van der Waals surface area (Å²) in [6, 6.07) is 19.5. The molecular formula is C31H32N3O6S. The molecule has 1 atom stereocenters. The van der Waals surface area contributed by atoms with Gasteiger partial charge in [-0.3, -0.25) is 19.7 Å². The number of rotatable bonds is 8. The monoisotopic (exact) mass is 574 g/mol. The second-order valence-electron chi connectivity index (χ2n) is 10.4. The third kappa shape index (κ3) is 6.89. The van der Waals surface area contributed by atoms with Crippen LogP contribution in [0, 0.1) is 29.0 Å². The van der Waals surface area contributed by atoms with E-state index in [2.05, 4.69) is 10.8 Å². The maximum atomic E-state index is 13.2. The molecule has 4 rings (SSSR count). The van der Waals surface area contributed by atoms with Gasteiger partial charge in [0, 0.05) is 19.2 Å². The lowest BCUT2D eigenvalue weighted by atomic mass is 9.89. The molecule has 3 aromatic carbocycles. The molecule has 1 saturated heterocycles. The zero-order chi connectivity index (χ0) is 29.7. The van der Waals surface area contributed by atoms with Crippen LogP contribution in [0.4, 0.5) is 5.69 Å². The van der Waals surface area contributed by atoms with E-state index in [-0.39, 0.29) is 29.0 Å². The van der Waals surface area contributed by atoms with Gasteiger partial charge in [-0.25, -0.2) is 13.1 Å². The van der Waals surface area contributed by atoms with Gasteiger partial charge in [0.05, 0.1) is 27.4 Å². The summed E-state index contributed by atoms with van der Waals surface area (Å²) in [6.07, 6.45) is 3.85. The normalized spacial score (nSPS) is 15.7. The Balaban J connectivity index is 1.54. The van der Waals surface area contributed by atoms with Gasteiger partial charge in [0.2, 0.25) is 11.8 Å². The molecule has 0 saturated carbocycles. The summed E-state index contributed by atoms with van der Waals surface area (Å²) >= 11 is 0. The predicted octanol–water partition coefficient (Wildman–Crippen LogP) is 5.25. The van der Waals surface area contributed by atoms with E-state index < -0.39 is 26.8 Å². The van der Waals surface area contributed by atoms with Gasteiger partial charge in [-0.05, 0) is 66.6 Å². The molecule has 10 heteroatoms. The van der Waals surface area contributed by atoms with Gasteiger partial charge in [0.25, 0.3) is 15.7 Å². The molecular weight excluding hydrogens is 542 g/mol. The number of likely N-dealkylation sites (tertiary alicyclic amines) is 1. The first-order valence-electron chi connectivity index (χ1n) is 13.4. The zero-order valence-corrected chi connectivity index (χ0v) is 24.0. The lowest BCUT2D eigenvalue weighted by Gasteiger charge is -2.31. The van der Waals surface area contributed by atoms with Gasteiger partial charge in [0.15, 0.2) is 0 Å². The second-order valence-corrected chi connectivity index (χ2v) is 12.1. The van der Waals surface area contributed by atoms with Crippen LogP contribution in [0.2, 0.25) is 0 Å². The van der Waals surface area contributed by atoms with Crippen molar-refractivity contribution in [3.63, 3.8) is 0 Å². The number of hydrogen-bond donors (Lipinski definition) is 1. The Labute approximate surface area is 240 Å². The highest BCUT2D eigenvalue weighted by atomic mass is 32.2. The molecule has 9 nitrogen and oxygen atoms in total. The molecule has 213 valence electrons. The third-order valence-electron chi connectivity index (χ3n) is 7.12. The summed E-state index contributed by atoms with van der Waals surface area (Å²) < 4.78 is 27.5. The first-order valence-corrected chi connectivity index (χ1v) is 14.8. The number of nitro benzene ring substituents is 1. The van der Waals surface area contributed by atoms with Gasteiger partial charge >= 0.3 is 0 Å². The molecule has 0 spiro atoms. The fraction of sp³-hybridized carbons (Fsp3) is 0.290. The molecule has 1 N–H and O–H groups in total. The number of amides is 2. The van der Waals surface area contributed by atoms with Crippen LogP contribution in [0.3, 0.4) is 0 Å². The Morgan fingerprint density at radius 1 is 1.12 bits per heavy atom. The van der Waals surface area contributed by atoms with Crippen LogP contribution in [-0.4, -0.2) is 43.1 Å². The van der Waals surface area contributed by atoms with E-state index in [1.807, 2.05) is 45.0 Å². The van der Waals surface area contributed by atoms with Crippen molar-refractivity contribution in [3.05, 3.63) is 99.6 Å². The fourth-order valence-corrected chi connectivity index (χ4v) is 5.99. The molecule has 1 aliphatic heterocycles. The molecule has 3 aromatic rings. The number of sulfonamides is 1. The molecule has 41 heavy (non-hydrogen) atoms. The maximum Gasteiger partial charge on any atom is 0.285 e. The number of piperidine rings is 1. The quantitative estimate of drug-likeness (QED) is 0.222. The van der Waals surface area contributed by atoms with E-state index in [9.17, 15) is 28.1 Å². The molecule has 0 aromatic heterocycles. The number of carbonyl (C=O) groups excluding carboxylic acids is 2. The average Bonchev–Trinajstić information content (AvgIpc) is 2.95. The van der Waals surface area contributed by atoms with Crippen LogP contribution >= 0.6 is 0 Å². The first kappa shape index (κ1) is 29.7. The van der Waals surface area contributed by atoms with Gasteiger partial charge in [-0.2, -0.15) is 0 Å². The minimum Gasteiger partial charge on any atom is -0.338 e. The van der Waals surface area contributed by atoms with Crippen molar-refractivity contribution >= 4 is 33.6 Å². The lowest BCUT2D eigenvalue weighted by Crippen LogP contribution is -2.46. The molecule has 1 fully saturated rings. The second kappa shape index (κ2) is 12.5. The predicted molar refractivity (Wildman–Crippen MR) is 156 cm³/mol. The summed E-state index contributed by atoms with van der Waals surface area (Å²) in [5, 5.41) is 11.9. The average molecular weight is 575 g/mol. The van der Waals surface area contributed by atoms with Gasteiger partial charge in [-0.15, -0.1) is 0 Å². The SMILES string of the molecule is Cc1ccc(S(=O)(=O)NC(=O)C2CCCN(C(=O)/C=C/c3cc[c]c([N+](=O)[O-])c3-c3ccccc3C(C)C)C2)cc1. The van der Waals surface area contributed by atoms with E-state index >= 15 is 0 Å². The summed E-state index contributed by atoms with van der Waals surface area (Å²) in [7, 11) is -4.04. The standard InChI is InChI=1S/C31H32N3O6S/c1-21(2)26-10-4-5-11-27(26)30-23(8-6-12-28(30)34(37)38)15-18-29(35)33-19-7-9-24(20-33)31(36)32-41(39,40)25-16-13-22(3)14-17-25/h4-6,8,10-11,13-18,21,24H,7,9,19-20H2,1-3H3,(H,32,36)/b18-15+. The minimum atomic E-state index is -4.04. The zero-order valence-electron chi connectivity index (χ0n) is 23.2. The van der Waals surface area contributed by atoms with Crippen molar-refractivity contribution in [1.29, 1.82) is 0 Å². The molecule has 1 heterocycles. The summed E-state index contributed by atoms with van der Waals surface area (Å²) in [5.41, 5.74) is 3.21. The largest absolute Gasteiger partial charge is 0.338 e. The molecule has 2 amide bonds. The maximum absolute atomic E-state index is 13.2. The van der Waals surface area contributed by atoms with Gasteiger partial charge in [0.1, 0.15) is 0 Å². The first-order chi connectivity index (χ1) is 19.5. The number of benzene rings is 3. The van der Waals surface area contributed by atoms with Crippen molar-refractivity contribution in [1.82, 2.24) is 9.62 Å². The number of nitrogens with zero attached hydrogens (tertiary/aromatic N) is 2. The number of aryl methyl sites for hydroxylation is 1. The van der Waals surface area contributed by atoms with Crippen molar-refractivity contribution in [2.24, 2.45) is 5.92 Å². The Bertz CT molecular complexity index is 1600. The highest BCUT2D eigenvalue weighted by molar-refractivity contribution is 7.90. The van der Waals surface area contributed by atoms with Crippen LogP contribution in [0.5, 0.6) is 0 Å².